The molecule has 0 unspecified atom stereocenters. The topological polar surface area (TPSA) is 46.3 Å². The number of nitrogens with zero attached hydrogens (tertiary/aromatic N) is 1. The van der Waals surface area contributed by atoms with Gasteiger partial charge < -0.3 is 9.63 Å². The molecule has 0 aliphatic carbocycles. The fraction of sp³-hybridized carbons (Fsp3) is 0.118. The highest BCUT2D eigenvalue weighted by atomic mass is 16.5. The predicted molar refractivity (Wildman–Crippen MR) is 76.2 cm³/mol. The number of aromatic nitrogens is 1. The van der Waals surface area contributed by atoms with Gasteiger partial charge in [0.15, 0.2) is 5.60 Å². The number of hydrogen-bond donors (Lipinski definition) is 1. The van der Waals surface area contributed by atoms with Gasteiger partial charge in [-0.1, -0.05) is 65.8 Å². The monoisotopic (exact) mass is 265 g/mol. The lowest BCUT2D eigenvalue weighted by molar-refractivity contribution is 0.116. The van der Waals surface area contributed by atoms with Crippen LogP contribution >= 0.6 is 0 Å². The van der Waals surface area contributed by atoms with Gasteiger partial charge in [0, 0.05) is 6.07 Å². The summed E-state index contributed by atoms with van der Waals surface area (Å²) in [5.74, 6) is 0.672. The van der Waals surface area contributed by atoms with E-state index in [2.05, 4.69) is 5.16 Å². The molecule has 0 aliphatic rings. The maximum Gasteiger partial charge on any atom is 0.160 e. The van der Waals surface area contributed by atoms with Gasteiger partial charge in [-0.3, -0.25) is 0 Å². The summed E-state index contributed by atoms with van der Waals surface area (Å²) in [6.45, 7) is 1.81. The van der Waals surface area contributed by atoms with Gasteiger partial charge in [-0.15, -0.1) is 0 Å². The van der Waals surface area contributed by atoms with Crippen molar-refractivity contribution in [3.05, 3.63) is 89.3 Å². The van der Waals surface area contributed by atoms with E-state index in [9.17, 15) is 5.11 Å². The minimum absolute atomic E-state index is 0.493. The zero-order chi connectivity index (χ0) is 14.0. The highest BCUT2D eigenvalue weighted by Crippen LogP contribution is 2.35. The maximum atomic E-state index is 11.3. The molecule has 0 bridgehead atoms. The molecule has 0 spiro atoms. The van der Waals surface area contributed by atoms with Crippen LogP contribution in [0.4, 0.5) is 0 Å². The summed E-state index contributed by atoms with van der Waals surface area (Å²) in [4.78, 5) is 0. The lowest BCUT2D eigenvalue weighted by Crippen LogP contribution is -2.29. The molecule has 1 aromatic heterocycles. The molecule has 0 amide bonds. The van der Waals surface area contributed by atoms with Crippen molar-refractivity contribution in [1.82, 2.24) is 5.16 Å². The molecule has 0 saturated carbocycles. The molecule has 0 atom stereocenters. The van der Waals surface area contributed by atoms with Gasteiger partial charge in [-0.25, -0.2) is 0 Å². The summed E-state index contributed by atoms with van der Waals surface area (Å²) < 4.78 is 5.14. The predicted octanol–water partition coefficient (Wildman–Crippen LogP) is 3.27. The number of aliphatic hydroxyl groups is 1. The molecule has 3 aromatic rings. The minimum Gasteiger partial charge on any atom is -0.374 e. The lowest BCUT2D eigenvalue weighted by Gasteiger charge is -2.27. The highest BCUT2D eigenvalue weighted by Gasteiger charge is 2.36. The number of aryl methyl sites for hydroxylation is 1. The molecular weight excluding hydrogens is 250 g/mol. The van der Waals surface area contributed by atoms with Crippen molar-refractivity contribution in [2.45, 2.75) is 12.5 Å². The summed E-state index contributed by atoms with van der Waals surface area (Å²) in [7, 11) is 0. The second-order valence-corrected chi connectivity index (χ2v) is 4.77. The molecule has 20 heavy (non-hydrogen) atoms. The van der Waals surface area contributed by atoms with Crippen LogP contribution in [0.3, 0.4) is 0 Å². The quantitative estimate of drug-likeness (QED) is 0.790. The van der Waals surface area contributed by atoms with Gasteiger partial charge in [-0.05, 0) is 18.1 Å². The molecule has 1 N–H and O–H groups in total. The van der Waals surface area contributed by atoms with Crippen LogP contribution in [-0.4, -0.2) is 10.3 Å². The summed E-state index contributed by atoms with van der Waals surface area (Å²) >= 11 is 0. The number of benzene rings is 2. The third-order valence-corrected chi connectivity index (χ3v) is 3.38. The Morgan fingerprint density at radius 3 is 1.80 bits per heavy atom. The first-order valence-electron chi connectivity index (χ1n) is 6.48. The largest absolute Gasteiger partial charge is 0.374 e. The Morgan fingerprint density at radius 1 is 0.900 bits per heavy atom. The zero-order valence-electron chi connectivity index (χ0n) is 11.2. The molecule has 0 aliphatic heterocycles. The summed E-state index contributed by atoms with van der Waals surface area (Å²) in [6, 6.07) is 20.7. The minimum atomic E-state index is -1.31. The van der Waals surface area contributed by atoms with E-state index in [1.165, 1.54) is 0 Å². The fourth-order valence-corrected chi connectivity index (χ4v) is 2.36. The smallest absolute Gasteiger partial charge is 0.160 e. The fourth-order valence-electron chi connectivity index (χ4n) is 2.36. The molecule has 0 saturated heterocycles. The van der Waals surface area contributed by atoms with E-state index < -0.39 is 5.60 Å². The van der Waals surface area contributed by atoms with Crippen LogP contribution in [0.15, 0.2) is 71.3 Å². The van der Waals surface area contributed by atoms with Gasteiger partial charge in [-0.2, -0.15) is 0 Å². The van der Waals surface area contributed by atoms with Crippen molar-refractivity contribution in [2.75, 3.05) is 0 Å². The lowest BCUT2D eigenvalue weighted by atomic mass is 9.83. The van der Waals surface area contributed by atoms with Crippen LogP contribution in [0.2, 0.25) is 0 Å². The molecule has 3 nitrogen and oxygen atoms in total. The first-order valence-corrected chi connectivity index (χ1v) is 6.48. The van der Waals surface area contributed by atoms with Gasteiger partial charge >= 0.3 is 0 Å². The van der Waals surface area contributed by atoms with E-state index in [0.29, 0.717) is 11.5 Å². The Labute approximate surface area is 117 Å². The first kappa shape index (κ1) is 12.6. The summed E-state index contributed by atoms with van der Waals surface area (Å²) in [6.07, 6.45) is 0. The molecule has 3 rings (SSSR count). The molecule has 1 heterocycles. The van der Waals surface area contributed by atoms with E-state index in [4.69, 9.17) is 4.52 Å². The molecule has 0 radical (unpaired) electrons. The van der Waals surface area contributed by atoms with E-state index in [-0.39, 0.29) is 0 Å². The second-order valence-electron chi connectivity index (χ2n) is 4.77. The van der Waals surface area contributed by atoms with Crippen LogP contribution < -0.4 is 0 Å². The Morgan fingerprint density at radius 2 is 1.40 bits per heavy atom. The molecule has 100 valence electrons. The van der Waals surface area contributed by atoms with Gasteiger partial charge in [0.25, 0.3) is 0 Å². The van der Waals surface area contributed by atoms with Crippen molar-refractivity contribution in [2.24, 2.45) is 0 Å². The summed E-state index contributed by atoms with van der Waals surface area (Å²) in [5.41, 5.74) is 0.715. The van der Waals surface area contributed by atoms with E-state index in [1.54, 1.807) is 6.07 Å². The van der Waals surface area contributed by atoms with Crippen LogP contribution in [0.5, 0.6) is 0 Å². The van der Waals surface area contributed by atoms with E-state index in [0.717, 1.165) is 11.1 Å². The summed E-state index contributed by atoms with van der Waals surface area (Å²) in [5, 5.41) is 15.3. The molecule has 2 aromatic carbocycles. The SMILES string of the molecule is Cc1cc(C(O)(c2ccccc2)c2ccccc2)no1. The molecule has 3 heteroatoms. The Kier molecular flexibility index (Phi) is 3.12. The Bertz CT molecular complexity index is 650. The number of rotatable bonds is 3. The van der Waals surface area contributed by atoms with Gasteiger partial charge in [0.1, 0.15) is 11.5 Å². The van der Waals surface area contributed by atoms with Gasteiger partial charge in [0.2, 0.25) is 0 Å². The van der Waals surface area contributed by atoms with Crippen LogP contribution in [-0.2, 0) is 5.60 Å². The van der Waals surface area contributed by atoms with Crippen LogP contribution in [0.1, 0.15) is 22.6 Å². The third kappa shape index (κ3) is 2.02. The zero-order valence-corrected chi connectivity index (χ0v) is 11.2. The normalized spacial score (nSPS) is 11.5. The third-order valence-electron chi connectivity index (χ3n) is 3.38. The Balaban J connectivity index is 2.23. The van der Waals surface area contributed by atoms with E-state index in [1.807, 2.05) is 67.6 Å². The maximum absolute atomic E-state index is 11.3. The van der Waals surface area contributed by atoms with Gasteiger partial charge in [0.05, 0.1) is 0 Å². The van der Waals surface area contributed by atoms with Crippen molar-refractivity contribution in [3.63, 3.8) is 0 Å². The standard InChI is InChI=1S/C17H15NO2/c1-13-12-16(18-20-13)17(19,14-8-4-2-5-9-14)15-10-6-3-7-11-15/h2-12,19H,1H3. The first-order chi connectivity index (χ1) is 9.71. The van der Waals surface area contributed by atoms with Crippen molar-refractivity contribution >= 4 is 0 Å². The molecular formula is C17H15NO2. The van der Waals surface area contributed by atoms with Crippen LogP contribution in [0.25, 0.3) is 0 Å². The van der Waals surface area contributed by atoms with Crippen LogP contribution in [0, 0.1) is 6.92 Å². The molecule has 0 fully saturated rings. The van der Waals surface area contributed by atoms with Crippen molar-refractivity contribution < 1.29 is 9.63 Å². The second kappa shape index (κ2) is 4.94. The van der Waals surface area contributed by atoms with Crippen molar-refractivity contribution in [1.29, 1.82) is 0 Å². The average Bonchev–Trinajstić information content (AvgIpc) is 2.95. The number of hydrogen-bond acceptors (Lipinski definition) is 3. The Hall–Kier alpha value is -2.39. The average molecular weight is 265 g/mol. The van der Waals surface area contributed by atoms with E-state index >= 15 is 0 Å². The van der Waals surface area contributed by atoms with Crippen molar-refractivity contribution in [3.8, 4) is 0 Å². The highest BCUT2D eigenvalue weighted by molar-refractivity contribution is 5.44.